The van der Waals surface area contributed by atoms with E-state index in [-0.39, 0.29) is 11.7 Å². The van der Waals surface area contributed by atoms with Gasteiger partial charge in [-0.3, -0.25) is 4.79 Å². The molecule has 0 atom stereocenters. The molecule has 0 radical (unpaired) electrons. The van der Waals surface area contributed by atoms with Crippen LogP contribution in [-0.2, 0) is 4.79 Å². The van der Waals surface area contributed by atoms with E-state index in [1.807, 2.05) is 12.1 Å². The number of aromatic nitrogens is 2. The number of ether oxygens (including phenoxy) is 2. The van der Waals surface area contributed by atoms with E-state index in [9.17, 15) is 4.79 Å². The summed E-state index contributed by atoms with van der Waals surface area (Å²) in [4.78, 5) is 12.3. The number of benzene rings is 2. The van der Waals surface area contributed by atoms with Crippen LogP contribution in [0.5, 0.6) is 11.5 Å². The van der Waals surface area contributed by atoms with E-state index in [4.69, 9.17) is 9.47 Å². The summed E-state index contributed by atoms with van der Waals surface area (Å²) < 4.78 is 11.0. The van der Waals surface area contributed by atoms with Crippen molar-refractivity contribution in [1.29, 1.82) is 0 Å². The van der Waals surface area contributed by atoms with Crippen LogP contribution in [0, 0.1) is 20.8 Å². The molecule has 6 nitrogen and oxygen atoms in total. The molecule has 0 spiro atoms. The Hall–Kier alpha value is -3.06. The molecule has 30 heavy (non-hydrogen) atoms. The molecule has 0 saturated heterocycles. The first-order valence-electron chi connectivity index (χ1n) is 9.74. The lowest BCUT2D eigenvalue weighted by atomic mass is 9.99. The zero-order chi connectivity index (χ0) is 21.1. The summed E-state index contributed by atoms with van der Waals surface area (Å²) in [7, 11) is 0. The van der Waals surface area contributed by atoms with Crippen LogP contribution in [0.25, 0.3) is 11.3 Å². The first-order valence-corrected chi connectivity index (χ1v) is 10.7. The van der Waals surface area contributed by atoms with Crippen molar-refractivity contribution < 1.29 is 14.3 Å². The van der Waals surface area contributed by atoms with Gasteiger partial charge in [-0.25, -0.2) is 0 Å². The van der Waals surface area contributed by atoms with Gasteiger partial charge in [-0.15, -0.1) is 10.2 Å². The monoisotopic (exact) mass is 421 g/mol. The number of aryl methyl sites for hydroxylation is 3. The van der Waals surface area contributed by atoms with Gasteiger partial charge in [0.05, 0.1) is 11.4 Å². The molecule has 2 heterocycles. The van der Waals surface area contributed by atoms with E-state index in [0.29, 0.717) is 35.4 Å². The van der Waals surface area contributed by atoms with E-state index in [0.717, 1.165) is 11.3 Å². The van der Waals surface area contributed by atoms with Gasteiger partial charge in [-0.05, 0) is 67.8 Å². The van der Waals surface area contributed by atoms with Crippen LogP contribution in [0.4, 0.5) is 5.69 Å². The molecule has 0 bridgehead atoms. The standard InChI is InChI=1S/C23H23N3O3S/c1-14-10-16(3)18(11-15(14)2)19-5-7-23(26-25-19)30-13-22(27)24-17-4-6-20-21(12-17)29-9-8-28-20/h4-7,10-12H,8-9,13H2,1-3H3,(H,24,27). The molecule has 0 unspecified atom stereocenters. The number of carbonyl (C=O) groups excluding carboxylic acids is 1. The van der Waals surface area contributed by atoms with E-state index in [1.165, 1.54) is 28.5 Å². The molecule has 154 valence electrons. The highest BCUT2D eigenvalue weighted by molar-refractivity contribution is 7.99. The fraction of sp³-hybridized carbons (Fsp3) is 0.261. The summed E-state index contributed by atoms with van der Waals surface area (Å²) in [6.07, 6.45) is 0. The van der Waals surface area contributed by atoms with Crippen molar-refractivity contribution in [2.45, 2.75) is 25.8 Å². The number of anilines is 1. The normalized spacial score (nSPS) is 12.5. The summed E-state index contributed by atoms with van der Waals surface area (Å²) in [5.41, 5.74) is 6.26. The minimum absolute atomic E-state index is 0.118. The number of amides is 1. The lowest BCUT2D eigenvalue weighted by Gasteiger charge is -2.18. The molecule has 0 fully saturated rings. The van der Waals surface area contributed by atoms with Crippen molar-refractivity contribution in [2.24, 2.45) is 0 Å². The molecule has 1 amide bonds. The lowest BCUT2D eigenvalue weighted by Crippen LogP contribution is -2.17. The number of rotatable bonds is 5. The zero-order valence-corrected chi connectivity index (χ0v) is 18.0. The Morgan fingerprint density at radius 1 is 0.933 bits per heavy atom. The van der Waals surface area contributed by atoms with E-state index >= 15 is 0 Å². The predicted octanol–water partition coefficient (Wildman–Crippen LogP) is 4.57. The van der Waals surface area contributed by atoms with Crippen molar-refractivity contribution >= 4 is 23.4 Å². The second kappa shape index (κ2) is 8.75. The van der Waals surface area contributed by atoms with Gasteiger partial charge in [0, 0.05) is 17.3 Å². The van der Waals surface area contributed by atoms with Gasteiger partial charge in [0.2, 0.25) is 5.91 Å². The second-order valence-electron chi connectivity index (χ2n) is 7.20. The number of fused-ring (bicyclic) bond motifs is 1. The second-order valence-corrected chi connectivity index (χ2v) is 8.20. The number of thioether (sulfide) groups is 1. The summed E-state index contributed by atoms with van der Waals surface area (Å²) >= 11 is 1.35. The molecule has 3 aromatic rings. The number of hydrogen-bond acceptors (Lipinski definition) is 6. The van der Waals surface area contributed by atoms with Gasteiger partial charge in [0.25, 0.3) is 0 Å². The third kappa shape index (κ3) is 4.57. The molecule has 2 aromatic carbocycles. The van der Waals surface area contributed by atoms with Crippen molar-refractivity contribution in [3.8, 4) is 22.8 Å². The number of hydrogen-bond donors (Lipinski definition) is 1. The maximum atomic E-state index is 12.3. The average Bonchev–Trinajstić information content (AvgIpc) is 2.75. The number of carbonyl (C=O) groups is 1. The zero-order valence-electron chi connectivity index (χ0n) is 17.2. The van der Waals surface area contributed by atoms with Crippen molar-refractivity contribution in [3.63, 3.8) is 0 Å². The highest BCUT2D eigenvalue weighted by Gasteiger charge is 2.13. The summed E-state index contributed by atoms with van der Waals surface area (Å²) in [6.45, 7) is 7.33. The highest BCUT2D eigenvalue weighted by Crippen LogP contribution is 2.32. The molecule has 0 saturated carbocycles. The average molecular weight is 422 g/mol. The fourth-order valence-electron chi connectivity index (χ4n) is 3.23. The Morgan fingerprint density at radius 2 is 1.70 bits per heavy atom. The Labute approximate surface area is 180 Å². The van der Waals surface area contributed by atoms with Crippen LogP contribution in [0.1, 0.15) is 16.7 Å². The summed E-state index contributed by atoms with van der Waals surface area (Å²) in [5, 5.41) is 12.2. The van der Waals surface area contributed by atoms with Gasteiger partial charge >= 0.3 is 0 Å². The lowest BCUT2D eigenvalue weighted by molar-refractivity contribution is -0.113. The smallest absolute Gasteiger partial charge is 0.234 e. The first-order chi connectivity index (χ1) is 14.5. The third-order valence-electron chi connectivity index (χ3n) is 4.93. The van der Waals surface area contributed by atoms with Crippen LogP contribution >= 0.6 is 11.8 Å². The fourth-order valence-corrected chi connectivity index (χ4v) is 3.85. The Bertz CT molecular complexity index is 1080. The largest absolute Gasteiger partial charge is 0.486 e. The van der Waals surface area contributed by atoms with Gasteiger partial charge in [0.15, 0.2) is 11.5 Å². The van der Waals surface area contributed by atoms with E-state index in [1.54, 1.807) is 18.2 Å². The maximum Gasteiger partial charge on any atom is 0.234 e. The molecule has 4 rings (SSSR count). The minimum Gasteiger partial charge on any atom is -0.486 e. The number of nitrogens with zero attached hydrogens (tertiary/aromatic N) is 2. The quantitative estimate of drug-likeness (QED) is 0.609. The van der Waals surface area contributed by atoms with Gasteiger partial charge < -0.3 is 14.8 Å². The first kappa shape index (κ1) is 20.2. The van der Waals surface area contributed by atoms with E-state index < -0.39 is 0 Å². The van der Waals surface area contributed by atoms with Crippen molar-refractivity contribution in [3.05, 3.63) is 59.2 Å². The highest BCUT2D eigenvalue weighted by atomic mass is 32.2. The van der Waals surface area contributed by atoms with Crippen LogP contribution in [0.3, 0.4) is 0 Å². The van der Waals surface area contributed by atoms with Crippen LogP contribution < -0.4 is 14.8 Å². The molecule has 0 aliphatic carbocycles. The SMILES string of the molecule is Cc1cc(C)c(-c2ccc(SCC(=O)Nc3ccc4c(c3)OCCO4)nn2)cc1C. The van der Waals surface area contributed by atoms with E-state index in [2.05, 4.69) is 48.4 Å². The van der Waals surface area contributed by atoms with Crippen LogP contribution in [0.15, 0.2) is 47.5 Å². The molecular weight excluding hydrogens is 398 g/mol. The predicted molar refractivity (Wildman–Crippen MR) is 118 cm³/mol. The van der Waals surface area contributed by atoms with Crippen molar-refractivity contribution in [2.75, 3.05) is 24.3 Å². The Kier molecular flexibility index (Phi) is 5.90. The van der Waals surface area contributed by atoms with Gasteiger partial charge in [0.1, 0.15) is 18.2 Å². The molecule has 1 aromatic heterocycles. The molecule has 7 heteroatoms. The summed E-state index contributed by atoms with van der Waals surface area (Å²) in [6, 6.07) is 13.5. The van der Waals surface area contributed by atoms with Crippen LogP contribution in [-0.4, -0.2) is 35.1 Å². The molecule has 1 N–H and O–H groups in total. The number of nitrogens with one attached hydrogen (secondary N) is 1. The molecule has 1 aliphatic heterocycles. The van der Waals surface area contributed by atoms with Crippen molar-refractivity contribution in [1.82, 2.24) is 10.2 Å². The van der Waals surface area contributed by atoms with Gasteiger partial charge in [-0.1, -0.05) is 17.8 Å². The van der Waals surface area contributed by atoms with Crippen LogP contribution in [0.2, 0.25) is 0 Å². The third-order valence-corrected chi connectivity index (χ3v) is 5.85. The Morgan fingerprint density at radius 3 is 2.47 bits per heavy atom. The summed E-state index contributed by atoms with van der Waals surface area (Å²) in [5.74, 6) is 1.47. The Balaban J connectivity index is 1.36. The molecular formula is C23H23N3O3S. The minimum atomic E-state index is -0.118. The van der Waals surface area contributed by atoms with Gasteiger partial charge in [-0.2, -0.15) is 0 Å². The molecule has 1 aliphatic rings. The maximum absolute atomic E-state index is 12.3. The topological polar surface area (TPSA) is 73.3 Å².